The second-order valence-corrected chi connectivity index (χ2v) is 7.35. The molecule has 1 aliphatic carbocycles. The molecule has 3 heteroatoms. The van der Waals surface area contributed by atoms with Gasteiger partial charge in [-0.25, -0.2) is 0 Å². The van der Waals surface area contributed by atoms with Crippen molar-refractivity contribution in [3.63, 3.8) is 0 Å². The molecule has 4 atom stereocenters. The predicted molar refractivity (Wildman–Crippen MR) is 82.7 cm³/mol. The van der Waals surface area contributed by atoms with Gasteiger partial charge in [0.25, 0.3) is 0 Å². The molecule has 0 aromatic carbocycles. The van der Waals surface area contributed by atoms with E-state index in [9.17, 15) is 0 Å². The summed E-state index contributed by atoms with van der Waals surface area (Å²) in [4.78, 5) is 0. The van der Waals surface area contributed by atoms with E-state index in [1.165, 1.54) is 32.1 Å². The van der Waals surface area contributed by atoms with Crippen LogP contribution in [0.25, 0.3) is 0 Å². The first-order valence-electron chi connectivity index (χ1n) is 8.50. The van der Waals surface area contributed by atoms with E-state index < -0.39 is 0 Å². The molecule has 0 aromatic rings. The van der Waals surface area contributed by atoms with Gasteiger partial charge in [-0.15, -0.1) is 0 Å². The first-order valence-corrected chi connectivity index (χ1v) is 8.50. The van der Waals surface area contributed by atoms with Crippen molar-refractivity contribution in [3.8, 4) is 0 Å². The highest BCUT2D eigenvalue weighted by molar-refractivity contribution is 4.88. The van der Waals surface area contributed by atoms with Crippen molar-refractivity contribution in [2.45, 2.75) is 71.5 Å². The average Bonchev–Trinajstić information content (AvgIpc) is 2.98. The van der Waals surface area contributed by atoms with E-state index in [0.717, 1.165) is 32.1 Å². The van der Waals surface area contributed by atoms with Crippen molar-refractivity contribution in [1.29, 1.82) is 0 Å². The van der Waals surface area contributed by atoms with Crippen LogP contribution >= 0.6 is 0 Å². The molecule has 2 N–H and O–H groups in total. The summed E-state index contributed by atoms with van der Waals surface area (Å²) in [5.74, 6) is 1.31. The van der Waals surface area contributed by atoms with Gasteiger partial charge in [0.1, 0.15) is 0 Å². The van der Waals surface area contributed by atoms with Crippen molar-refractivity contribution in [3.05, 3.63) is 0 Å². The zero-order chi connectivity index (χ0) is 14.6. The Morgan fingerprint density at radius 3 is 2.65 bits per heavy atom. The Bertz CT molecular complexity index is 287. The number of rotatable bonds is 6. The normalized spacial score (nSPS) is 35.4. The number of hydrogen-bond donors (Lipinski definition) is 1. The molecule has 1 aliphatic heterocycles. The fourth-order valence-electron chi connectivity index (χ4n) is 3.67. The van der Waals surface area contributed by atoms with E-state index in [-0.39, 0.29) is 0 Å². The first kappa shape index (κ1) is 16.3. The van der Waals surface area contributed by atoms with Crippen LogP contribution in [-0.2, 0) is 9.47 Å². The molecule has 0 radical (unpaired) electrons. The Balaban J connectivity index is 1.88. The Morgan fingerprint density at radius 1 is 1.25 bits per heavy atom. The zero-order valence-corrected chi connectivity index (χ0v) is 13.6. The Morgan fingerprint density at radius 2 is 2.05 bits per heavy atom. The Kier molecular flexibility index (Phi) is 5.88. The van der Waals surface area contributed by atoms with Crippen LogP contribution in [0.3, 0.4) is 0 Å². The SMILES string of the molecule is CCC(C)(C)C1CCC(CN)C(OCC2CCCO2)C1. The number of hydrogen-bond acceptors (Lipinski definition) is 3. The zero-order valence-electron chi connectivity index (χ0n) is 13.6. The van der Waals surface area contributed by atoms with Crippen LogP contribution in [0.4, 0.5) is 0 Å². The molecule has 0 spiro atoms. The third-order valence-electron chi connectivity index (χ3n) is 5.77. The van der Waals surface area contributed by atoms with E-state index in [1.54, 1.807) is 0 Å². The van der Waals surface area contributed by atoms with Gasteiger partial charge in [-0.2, -0.15) is 0 Å². The fourth-order valence-corrected chi connectivity index (χ4v) is 3.67. The van der Waals surface area contributed by atoms with E-state index in [0.29, 0.717) is 23.5 Å². The molecule has 3 nitrogen and oxygen atoms in total. The van der Waals surface area contributed by atoms with Gasteiger partial charge in [0, 0.05) is 6.61 Å². The van der Waals surface area contributed by atoms with Crippen LogP contribution in [0.5, 0.6) is 0 Å². The lowest BCUT2D eigenvalue weighted by Gasteiger charge is -2.43. The van der Waals surface area contributed by atoms with Crippen LogP contribution in [0.2, 0.25) is 0 Å². The Hall–Kier alpha value is -0.120. The van der Waals surface area contributed by atoms with Gasteiger partial charge in [-0.05, 0) is 55.9 Å². The maximum atomic E-state index is 6.24. The van der Waals surface area contributed by atoms with Crippen LogP contribution in [0, 0.1) is 17.3 Å². The van der Waals surface area contributed by atoms with E-state index in [2.05, 4.69) is 20.8 Å². The standard InChI is InChI=1S/C17H33NO2/c1-4-17(2,3)14-8-7-13(11-18)16(10-14)20-12-15-6-5-9-19-15/h13-16H,4-12,18H2,1-3H3. The highest BCUT2D eigenvalue weighted by atomic mass is 16.5. The summed E-state index contributed by atoms with van der Waals surface area (Å²) >= 11 is 0. The first-order chi connectivity index (χ1) is 9.56. The lowest BCUT2D eigenvalue weighted by Crippen LogP contribution is -2.41. The highest BCUT2D eigenvalue weighted by Gasteiger charge is 2.37. The summed E-state index contributed by atoms with van der Waals surface area (Å²) in [6.07, 6.45) is 7.96. The third-order valence-corrected chi connectivity index (χ3v) is 5.77. The maximum absolute atomic E-state index is 6.24. The minimum absolute atomic E-state index is 0.327. The van der Waals surface area contributed by atoms with E-state index in [1.807, 2.05) is 0 Å². The molecule has 1 heterocycles. The molecule has 0 amide bonds. The van der Waals surface area contributed by atoms with Gasteiger partial charge >= 0.3 is 0 Å². The molecule has 2 fully saturated rings. The van der Waals surface area contributed by atoms with E-state index >= 15 is 0 Å². The van der Waals surface area contributed by atoms with Crippen LogP contribution < -0.4 is 5.73 Å². The topological polar surface area (TPSA) is 44.5 Å². The minimum atomic E-state index is 0.327. The summed E-state index contributed by atoms with van der Waals surface area (Å²) in [7, 11) is 0. The number of nitrogens with two attached hydrogens (primary N) is 1. The third kappa shape index (κ3) is 3.96. The molecular weight excluding hydrogens is 250 g/mol. The number of ether oxygens (including phenoxy) is 2. The molecule has 1 saturated carbocycles. The predicted octanol–water partition coefficient (Wildman–Crippen LogP) is 3.36. The van der Waals surface area contributed by atoms with Crippen LogP contribution in [0.15, 0.2) is 0 Å². The largest absolute Gasteiger partial charge is 0.376 e. The monoisotopic (exact) mass is 283 g/mol. The van der Waals surface area contributed by atoms with Gasteiger partial charge < -0.3 is 15.2 Å². The summed E-state index contributed by atoms with van der Waals surface area (Å²) < 4.78 is 11.9. The lowest BCUT2D eigenvalue weighted by molar-refractivity contribution is -0.0751. The fraction of sp³-hybridized carbons (Fsp3) is 1.00. The molecule has 0 bridgehead atoms. The summed E-state index contributed by atoms with van der Waals surface area (Å²) in [5.41, 5.74) is 6.37. The van der Waals surface area contributed by atoms with Gasteiger partial charge in [0.2, 0.25) is 0 Å². The second-order valence-electron chi connectivity index (χ2n) is 7.35. The van der Waals surface area contributed by atoms with Crippen LogP contribution in [0.1, 0.15) is 59.3 Å². The van der Waals surface area contributed by atoms with Crippen LogP contribution in [-0.4, -0.2) is 32.0 Å². The van der Waals surface area contributed by atoms with Gasteiger partial charge in [-0.3, -0.25) is 0 Å². The van der Waals surface area contributed by atoms with E-state index in [4.69, 9.17) is 15.2 Å². The maximum Gasteiger partial charge on any atom is 0.0809 e. The molecule has 2 rings (SSSR count). The molecule has 0 aromatic heterocycles. The Labute approximate surface area is 124 Å². The quantitative estimate of drug-likeness (QED) is 0.813. The second kappa shape index (κ2) is 7.24. The van der Waals surface area contributed by atoms with Crippen molar-refractivity contribution >= 4 is 0 Å². The van der Waals surface area contributed by atoms with Crippen molar-refractivity contribution in [2.75, 3.05) is 19.8 Å². The molecule has 118 valence electrons. The molecule has 20 heavy (non-hydrogen) atoms. The summed E-state index contributed by atoms with van der Waals surface area (Å²) in [6, 6.07) is 0. The van der Waals surface area contributed by atoms with Gasteiger partial charge in [-0.1, -0.05) is 27.2 Å². The molecular formula is C17H33NO2. The molecule has 4 unspecified atom stereocenters. The van der Waals surface area contributed by atoms with Gasteiger partial charge in [0.05, 0.1) is 18.8 Å². The molecule has 1 saturated heterocycles. The lowest BCUT2D eigenvalue weighted by atomic mass is 9.66. The van der Waals surface area contributed by atoms with Crippen molar-refractivity contribution < 1.29 is 9.47 Å². The highest BCUT2D eigenvalue weighted by Crippen LogP contribution is 2.43. The summed E-state index contributed by atoms with van der Waals surface area (Å²) in [5, 5.41) is 0. The average molecular weight is 283 g/mol. The van der Waals surface area contributed by atoms with Gasteiger partial charge in [0.15, 0.2) is 0 Å². The van der Waals surface area contributed by atoms with Crippen molar-refractivity contribution in [2.24, 2.45) is 23.0 Å². The summed E-state index contributed by atoms with van der Waals surface area (Å²) in [6.45, 7) is 9.53. The minimum Gasteiger partial charge on any atom is -0.376 e. The van der Waals surface area contributed by atoms with Crippen molar-refractivity contribution in [1.82, 2.24) is 0 Å². The molecule has 2 aliphatic rings. The smallest absolute Gasteiger partial charge is 0.0809 e.